The minimum atomic E-state index is -1.98. The van der Waals surface area contributed by atoms with E-state index >= 15 is 0 Å². The first-order valence-corrected chi connectivity index (χ1v) is 34.4. The summed E-state index contributed by atoms with van der Waals surface area (Å²) in [5.41, 5.74) is 0. The first-order chi connectivity index (χ1) is 42.3. The maximum atomic E-state index is 13.4. The van der Waals surface area contributed by atoms with E-state index in [1.54, 1.807) is 6.08 Å². The molecule has 0 aliphatic carbocycles. The highest BCUT2D eigenvalue weighted by atomic mass is 16.8. The zero-order valence-electron chi connectivity index (χ0n) is 53.5. The molecule has 3 saturated heterocycles. The van der Waals surface area contributed by atoms with Crippen LogP contribution in [0.5, 0.6) is 0 Å². The van der Waals surface area contributed by atoms with Gasteiger partial charge in [-0.1, -0.05) is 217 Å². The maximum absolute atomic E-state index is 13.4. The molecule has 87 heavy (non-hydrogen) atoms. The van der Waals surface area contributed by atoms with Crippen molar-refractivity contribution < 1.29 is 89.4 Å². The van der Waals surface area contributed by atoms with Crippen LogP contribution >= 0.6 is 0 Å². The standard InChI is InChI=1S/C68H123NO18/c1-3-5-7-9-11-13-15-17-18-19-20-21-22-23-24-25-26-27-28-29-30-31-32-34-36-38-40-42-44-46-56(74)69-51(52(73)45-43-41-39-37-35-33-16-14-12-10-8-6-4-2)50-82-66-62(80)59(77)64(54(48-71)84-66)87-68-63(81)60(78)65(55(49-72)85-68)86-67-61(79)58(76)57(75)53(47-70)83-67/h12,14,19-20,35,37,43,45,51-55,57-68,70-73,75-81H,3-11,13,15-18,21-34,36,38-42,44,46-50H2,1-2H3,(H,69,74)/b14-12+,20-19-,37-35+,45-43+. The van der Waals surface area contributed by atoms with Crippen molar-refractivity contribution in [3.63, 3.8) is 0 Å². The van der Waals surface area contributed by atoms with Gasteiger partial charge in [0.1, 0.15) is 73.2 Å². The van der Waals surface area contributed by atoms with Crippen LogP contribution in [0.15, 0.2) is 48.6 Å². The number of aliphatic hydroxyl groups excluding tert-OH is 11. The Morgan fingerprint density at radius 2 is 0.736 bits per heavy atom. The van der Waals surface area contributed by atoms with E-state index in [9.17, 15) is 61.0 Å². The van der Waals surface area contributed by atoms with Crippen LogP contribution in [0.25, 0.3) is 0 Å². The molecule has 0 spiro atoms. The van der Waals surface area contributed by atoms with Crippen LogP contribution < -0.4 is 5.32 Å². The average molecular weight is 1240 g/mol. The van der Waals surface area contributed by atoms with Gasteiger partial charge in [-0.25, -0.2) is 0 Å². The highest BCUT2D eigenvalue weighted by Crippen LogP contribution is 2.33. The Kier molecular flexibility index (Phi) is 45.7. The first kappa shape index (κ1) is 79.0. The molecule has 17 atom stereocenters. The Bertz CT molecular complexity index is 1770. The first-order valence-electron chi connectivity index (χ1n) is 34.4. The molecule has 19 nitrogen and oxygen atoms in total. The molecule has 0 saturated carbocycles. The third kappa shape index (κ3) is 32.7. The van der Waals surface area contributed by atoms with Crippen molar-refractivity contribution in [1.29, 1.82) is 0 Å². The number of amides is 1. The number of carbonyl (C=O) groups excluding carboxylic acids is 1. The predicted octanol–water partition coefficient (Wildman–Crippen LogP) is 8.61. The van der Waals surface area contributed by atoms with Crippen molar-refractivity contribution in [3.8, 4) is 0 Å². The largest absolute Gasteiger partial charge is 0.394 e. The second-order valence-electron chi connectivity index (χ2n) is 24.6. The van der Waals surface area contributed by atoms with Crippen molar-refractivity contribution in [2.24, 2.45) is 0 Å². The second kappa shape index (κ2) is 50.3. The van der Waals surface area contributed by atoms with Gasteiger partial charge in [0.15, 0.2) is 18.9 Å². The fourth-order valence-corrected chi connectivity index (χ4v) is 11.5. The molecule has 3 fully saturated rings. The summed E-state index contributed by atoms with van der Waals surface area (Å²) >= 11 is 0. The Morgan fingerprint density at radius 1 is 0.402 bits per heavy atom. The van der Waals surface area contributed by atoms with E-state index in [2.05, 4.69) is 55.6 Å². The monoisotopic (exact) mass is 1240 g/mol. The van der Waals surface area contributed by atoms with Crippen molar-refractivity contribution >= 4 is 5.91 Å². The summed E-state index contributed by atoms with van der Waals surface area (Å²) in [7, 11) is 0. The van der Waals surface area contributed by atoms with Crippen molar-refractivity contribution in [2.75, 3.05) is 26.4 Å². The Balaban J connectivity index is 1.39. The third-order valence-corrected chi connectivity index (χ3v) is 17.1. The molecule has 1 amide bonds. The van der Waals surface area contributed by atoms with E-state index < -0.39 is 124 Å². The molecule has 0 bridgehead atoms. The van der Waals surface area contributed by atoms with Gasteiger partial charge in [0, 0.05) is 6.42 Å². The molecule has 3 aliphatic heterocycles. The molecule has 3 rings (SSSR count). The van der Waals surface area contributed by atoms with Crippen LogP contribution in [-0.4, -0.2) is 193 Å². The number of ether oxygens (including phenoxy) is 6. The van der Waals surface area contributed by atoms with Gasteiger partial charge in [-0.2, -0.15) is 0 Å². The molecule has 0 radical (unpaired) electrons. The molecule has 0 aromatic rings. The summed E-state index contributed by atoms with van der Waals surface area (Å²) in [5, 5.41) is 120. The Hall–Kier alpha value is -2.25. The van der Waals surface area contributed by atoms with Crippen molar-refractivity contribution in [2.45, 2.75) is 349 Å². The van der Waals surface area contributed by atoms with E-state index in [0.29, 0.717) is 12.8 Å². The Morgan fingerprint density at radius 3 is 1.17 bits per heavy atom. The molecular weight excluding hydrogens is 1120 g/mol. The number of unbranched alkanes of at least 4 members (excludes halogenated alkanes) is 30. The average Bonchev–Trinajstić information content (AvgIpc) is 2.56. The van der Waals surface area contributed by atoms with Gasteiger partial charge in [-0.15, -0.1) is 0 Å². The molecular formula is C68H123NO18. The molecule has 508 valence electrons. The van der Waals surface area contributed by atoms with Gasteiger partial charge in [-0.3, -0.25) is 4.79 Å². The number of hydrogen-bond acceptors (Lipinski definition) is 18. The van der Waals surface area contributed by atoms with Crippen LogP contribution in [0.2, 0.25) is 0 Å². The number of nitrogens with one attached hydrogen (secondary N) is 1. The molecule has 19 heteroatoms. The van der Waals surface area contributed by atoms with E-state index in [1.165, 1.54) is 167 Å². The third-order valence-electron chi connectivity index (χ3n) is 17.1. The van der Waals surface area contributed by atoms with E-state index in [0.717, 1.165) is 44.9 Å². The summed E-state index contributed by atoms with van der Waals surface area (Å²) in [6, 6.07) is -0.995. The van der Waals surface area contributed by atoms with Crippen LogP contribution in [0, 0.1) is 0 Å². The summed E-state index contributed by atoms with van der Waals surface area (Å²) < 4.78 is 34.3. The topological polar surface area (TPSA) is 307 Å². The fourth-order valence-electron chi connectivity index (χ4n) is 11.5. The maximum Gasteiger partial charge on any atom is 0.220 e. The van der Waals surface area contributed by atoms with Gasteiger partial charge in [0.05, 0.1) is 38.6 Å². The smallest absolute Gasteiger partial charge is 0.220 e. The van der Waals surface area contributed by atoms with Gasteiger partial charge in [0.25, 0.3) is 0 Å². The molecule has 12 N–H and O–H groups in total. The fraction of sp³-hybridized carbons (Fsp3) is 0.868. The van der Waals surface area contributed by atoms with Crippen LogP contribution in [-0.2, 0) is 33.2 Å². The summed E-state index contributed by atoms with van der Waals surface area (Å²) in [5.74, 6) is -0.289. The molecule has 3 heterocycles. The number of hydrogen-bond donors (Lipinski definition) is 12. The highest BCUT2D eigenvalue weighted by Gasteiger charge is 2.53. The SMILES string of the molecule is CCCCC/C=C/CC/C=C/CC/C=C/C(O)C(COC1OC(CO)C(OC2OC(CO)C(OC3OC(CO)C(O)C(O)C3O)C(O)C2O)C(O)C1O)NC(=O)CCCCCCCCCCCCCCCCCCC/C=C\CCCCCCCCCC. The molecule has 17 unspecified atom stereocenters. The zero-order chi connectivity index (χ0) is 63.3. The van der Waals surface area contributed by atoms with Crippen LogP contribution in [0.1, 0.15) is 245 Å². The highest BCUT2D eigenvalue weighted by molar-refractivity contribution is 5.76. The lowest BCUT2D eigenvalue weighted by molar-refractivity contribution is -0.379. The van der Waals surface area contributed by atoms with Crippen LogP contribution in [0.4, 0.5) is 0 Å². The quantitative estimate of drug-likeness (QED) is 0.0200. The lowest BCUT2D eigenvalue weighted by Gasteiger charge is -2.48. The predicted molar refractivity (Wildman–Crippen MR) is 337 cm³/mol. The van der Waals surface area contributed by atoms with E-state index in [-0.39, 0.29) is 18.9 Å². The normalized spacial score (nSPS) is 28.9. The number of rotatable bonds is 52. The van der Waals surface area contributed by atoms with Gasteiger partial charge in [-0.05, 0) is 70.6 Å². The lowest BCUT2D eigenvalue weighted by Crippen LogP contribution is -2.66. The van der Waals surface area contributed by atoms with Crippen molar-refractivity contribution in [1.82, 2.24) is 5.32 Å². The van der Waals surface area contributed by atoms with E-state index in [4.69, 9.17) is 28.4 Å². The van der Waals surface area contributed by atoms with Gasteiger partial charge in [0.2, 0.25) is 5.91 Å². The number of aliphatic hydroxyl groups is 11. The minimum absolute atomic E-state index is 0.233. The van der Waals surface area contributed by atoms with Gasteiger partial charge < -0.3 is 89.9 Å². The van der Waals surface area contributed by atoms with E-state index in [1.807, 2.05) is 6.08 Å². The molecule has 0 aromatic heterocycles. The van der Waals surface area contributed by atoms with Gasteiger partial charge >= 0.3 is 0 Å². The summed E-state index contributed by atoms with van der Waals surface area (Å²) in [4.78, 5) is 13.4. The Labute approximate surface area is 523 Å². The number of carbonyl (C=O) groups is 1. The van der Waals surface area contributed by atoms with Crippen LogP contribution in [0.3, 0.4) is 0 Å². The summed E-state index contributed by atoms with van der Waals surface area (Å²) in [6.45, 7) is 1.67. The number of allylic oxidation sites excluding steroid dienone is 7. The minimum Gasteiger partial charge on any atom is -0.394 e. The van der Waals surface area contributed by atoms with Crippen molar-refractivity contribution in [3.05, 3.63) is 48.6 Å². The second-order valence-corrected chi connectivity index (χ2v) is 24.6. The zero-order valence-corrected chi connectivity index (χ0v) is 53.5. The summed E-state index contributed by atoms with van der Waals surface area (Å²) in [6.07, 6.45) is 32.6. The molecule has 3 aliphatic rings. The molecule has 0 aromatic carbocycles. The lowest BCUT2D eigenvalue weighted by atomic mass is 9.96.